The zero-order valence-corrected chi connectivity index (χ0v) is 13.1. The Hall–Kier alpha value is -2.14. The molecule has 0 radical (unpaired) electrons. The van der Waals surface area contributed by atoms with Crippen LogP contribution in [0.25, 0.3) is 5.69 Å². The number of hydrogen-bond acceptors (Lipinski definition) is 3. The van der Waals surface area contributed by atoms with Gasteiger partial charge in [0.1, 0.15) is 0 Å². The molecule has 2 rings (SSSR count). The summed E-state index contributed by atoms with van der Waals surface area (Å²) in [4.78, 5) is 16.4. The Morgan fingerprint density at radius 2 is 2.14 bits per heavy atom. The number of hydrogen-bond donors (Lipinski definition) is 2. The Balaban J connectivity index is 2.09. The van der Waals surface area contributed by atoms with E-state index < -0.39 is 0 Å². The number of aliphatic hydroxyl groups excluding tert-OH is 1. The largest absolute Gasteiger partial charge is 0.396 e. The van der Waals surface area contributed by atoms with E-state index >= 15 is 0 Å². The van der Waals surface area contributed by atoms with Crippen molar-refractivity contribution in [3.05, 3.63) is 48.5 Å². The number of nitrogens with zero attached hydrogens (tertiary/aromatic N) is 2. The minimum absolute atomic E-state index is 0.0787. The van der Waals surface area contributed by atoms with E-state index in [9.17, 15) is 9.90 Å². The Morgan fingerprint density at radius 3 is 2.73 bits per heavy atom. The summed E-state index contributed by atoms with van der Waals surface area (Å²) in [5.74, 6) is -0.123. The van der Waals surface area contributed by atoms with Crippen LogP contribution in [0.3, 0.4) is 0 Å². The van der Waals surface area contributed by atoms with Crippen LogP contribution in [0.15, 0.2) is 43.0 Å². The Kier molecular flexibility index (Phi) is 5.33. The zero-order chi connectivity index (χ0) is 16.0. The van der Waals surface area contributed by atoms with Crippen LogP contribution in [-0.2, 0) is 0 Å². The van der Waals surface area contributed by atoms with Gasteiger partial charge in [-0.25, -0.2) is 4.98 Å². The maximum absolute atomic E-state index is 12.3. The number of amides is 1. The lowest BCUT2D eigenvalue weighted by atomic mass is 9.83. The number of benzene rings is 1. The maximum atomic E-state index is 12.3. The molecule has 0 aliphatic carbocycles. The van der Waals surface area contributed by atoms with Crippen LogP contribution in [0.5, 0.6) is 0 Å². The number of rotatable bonds is 7. The summed E-state index contributed by atoms with van der Waals surface area (Å²) in [5, 5.41) is 12.5. The fourth-order valence-corrected chi connectivity index (χ4v) is 2.37. The second-order valence-corrected chi connectivity index (χ2v) is 5.57. The lowest BCUT2D eigenvalue weighted by Crippen LogP contribution is -2.39. The van der Waals surface area contributed by atoms with Crippen molar-refractivity contribution in [2.75, 3.05) is 13.2 Å². The summed E-state index contributed by atoms with van der Waals surface area (Å²) in [6.45, 7) is 4.62. The summed E-state index contributed by atoms with van der Waals surface area (Å²) in [6.07, 6.45) is 6.89. The molecule has 5 nitrogen and oxygen atoms in total. The van der Waals surface area contributed by atoms with Crippen molar-refractivity contribution in [2.45, 2.75) is 26.7 Å². The van der Waals surface area contributed by atoms with Crippen molar-refractivity contribution in [2.24, 2.45) is 5.41 Å². The topological polar surface area (TPSA) is 67.2 Å². The van der Waals surface area contributed by atoms with Gasteiger partial charge in [0.05, 0.1) is 12.9 Å². The zero-order valence-electron chi connectivity index (χ0n) is 13.1. The molecule has 0 unspecified atom stereocenters. The molecule has 0 saturated carbocycles. The quantitative estimate of drug-likeness (QED) is 0.825. The van der Waals surface area contributed by atoms with Crippen molar-refractivity contribution >= 4 is 5.91 Å². The van der Waals surface area contributed by atoms with Crippen LogP contribution in [-0.4, -0.2) is 33.7 Å². The minimum Gasteiger partial charge on any atom is -0.396 e. The van der Waals surface area contributed by atoms with Crippen LogP contribution < -0.4 is 5.32 Å². The van der Waals surface area contributed by atoms with Crippen LogP contribution in [0.1, 0.15) is 37.0 Å². The van der Waals surface area contributed by atoms with Gasteiger partial charge in [-0.3, -0.25) is 4.79 Å². The van der Waals surface area contributed by atoms with E-state index in [0.29, 0.717) is 12.1 Å². The van der Waals surface area contributed by atoms with Gasteiger partial charge in [0.15, 0.2) is 0 Å². The molecule has 0 fully saturated rings. The molecule has 0 bridgehead atoms. The first kappa shape index (κ1) is 16.2. The number of aliphatic hydroxyl groups is 1. The molecule has 1 aromatic carbocycles. The lowest BCUT2D eigenvalue weighted by molar-refractivity contribution is 0.0851. The highest BCUT2D eigenvalue weighted by Crippen LogP contribution is 2.24. The van der Waals surface area contributed by atoms with E-state index in [2.05, 4.69) is 10.3 Å². The SMILES string of the molecule is CCC(CC)(CO)CNC(=O)c1cccc(-n2ccnc2)c1. The van der Waals surface area contributed by atoms with E-state index in [4.69, 9.17) is 0 Å². The first-order chi connectivity index (χ1) is 10.6. The summed E-state index contributed by atoms with van der Waals surface area (Å²) >= 11 is 0. The van der Waals surface area contributed by atoms with Gasteiger partial charge in [-0.2, -0.15) is 0 Å². The monoisotopic (exact) mass is 301 g/mol. The van der Waals surface area contributed by atoms with Gasteiger partial charge >= 0.3 is 0 Å². The molecule has 0 saturated heterocycles. The highest BCUT2D eigenvalue weighted by molar-refractivity contribution is 5.94. The standard InChI is InChI=1S/C17H23N3O2/c1-3-17(4-2,12-21)11-19-16(22)14-6-5-7-15(10-14)20-9-8-18-13-20/h5-10,13,21H,3-4,11-12H2,1-2H3,(H,19,22). The van der Waals surface area contributed by atoms with Crippen molar-refractivity contribution in [3.8, 4) is 5.69 Å². The average Bonchev–Trinajstić information content (AvgIpc) is 3.11. The second-order valence-electron chi connectivity index (χ2n) is 5.57. The third-order valence-electron chi connectivity index (χ3n) is 4.37. The molecule has 22 heavy (non-hydrogen) atoms. The molecule has 0 atom stereocenters. The van der Waals surface area contributed by atoms with Gasteiger partial charge in [0, 0.05) is 35.6 Å². The molecular weight excluding hydrogens is 278 g/mol. The van der Waals surface area contributed by atoms with E-state index in [1.165, 1.54) is 0 Å². The highest BCUT2D eigenvalue weighted by atomic mass is 16.3. The number of carbonyl (C=O) groups excluding carboxylic acids is 1. The van der Waals surface area contributed by atoms with Gasteiger partial charge in [-0.15, -0.1) is 0 Å². The summed E-state index contributed by atoms with van der Waals surface area (Å²) in [7, 11) is 0. The molecule has 0 spiro atoms. The smallest absolute Gasteiger partial charge is 0.251 e. The van der Waals surface area contributed by atoms with Crippen LogP contribution in [0.4, 0.5) is 0 Å². The highest BCUT2D eigenvalue weighted by Gasteiger charge is 2.25. The van der Waals surface area contributed by atoms with Gasteiger partial charge in [-0.05, 0) is 31.0 Å². The molecule has 2 N–H and O–H groups in total. The minimum atomic E-state index is -0.238. The fraction of sp³-hybridized carbons (Fsp3) is 0.412. The van der Waals surface area contributed by atoms with Crippen LogP contribution >= 0.6 is 0 Å². The van der Waals surface area contributed by atoms with Gasteiger partial charge in [-0.1, -0.05) is 19.9 Å². The molecule has 1 amide bonds. The molecule has 0 aliphatic rings. The Bertz CT molecular complexity index is 596. The normalized spacial score (nSPS) is 11.4. The Morgan fingerprint density at radius 1 is 1.36 bits per heavy atom. The van der Waals surface area contributed by atoms with Gasteiger partial charge < -0.3 is 15.0 Å². The predicted octanol–water partition coefficient (Wildman–Crippen LogP) is 2.40. The van der Waals surface area contributed by atoms with E-state index in [-0.39, 0.29) is 17.9 Å². The van der Waals surface area contributed by atoms with Crippen molar-refractivity contribution in [3.63, 3.8) is 0 Å². The molecule has 1 heterocycles. The van der Waals surface area contributed by atoms with Crippen molar-refractivity contribution in [1.29, 1.82) is 0 Å². The van der Waals surface area contributed by atoms with Crippen molar-refractivity contribution < 1.29 is 9.90 Å². The summed E-state index contributed by atoms with van der Waals surface area (Å²) in [5.41, 5.74) is 1.26. The Labute approximate surface area is 131 Å². The number of imidazole rings is 1. The first-order valence-electron chi connectivity index (χ1n) is 7.61. The van der Waals surface area contributed by atoms with Crippen molar-refractivity contribution in [1.82, 2.24) is 14.9 Å². The fourth-order valence-electron chi connectivity index (χ4n) is 2.37. The average molecular weight is 301 g/mol. The van der Waals surface area contributed by atoms with Gasteiger partial charge in [0.25, 0.3) is 5.91 Å². The summed E-state index contributed by atoms with van der Waals surface area (Å²) in [6, 6.07) is 7.39. The molecule has 118 valence electrons. The molecule has 2 aromatic rings. The molecular formula is C17H23N3O2. The van der Waals surface area contributed by atoms with E-state index in [0.717, 1.165) is 18.5 Å². The third-order valence-corrected chi connectivity index (χ3v) is 4.37. The molecule has 0 aliphatic heterocycles. The van der Waals surface area contributed by atoms with Crippen LogP contribution in [0.2, 0.25) is 0 Å². The van der Waals surface area contributed by atoms with Gasteiger partial charge in [0.2, 0.25) is 0 Å². The lowest BCUT2D eigenvalue weighted by Gasteiger charge is -2.29. The second kappa shape index (κ2) is 7.22. The summed E-state index contributed by atoms with van der Waals surface area (Å²) < 4.78 is 1.85. The molecule has 1 aromatic heterocycles. The number of nitrogens with one attached hydrogen (secondary N) is 1. The van der Waals surface area contributed by atoms with E-state index in [1.54, 1.807) is 18.6 Å². The number of aromatic nitrogens is 2. The first-order valence-corrected chi connectivity index (χ1v) is 7.61. The third kappa shape index (κ3) is 3.54. The predicted molar refractivity (Wildman–Crippen MR) is 86.0 cm³/mol. The molecule has 5 heteroatoms. The van der Waals surface area contributed by atoms with Crippen LogP contribution in [0, 0.1) is 5.41 Å². The maximum Gasteiger partial charge on any atom is 0.251 e. The van der Waals surface area contributed by atoms with E-state index in [1.807, 2.05) is 42.8 Å². The number of carbonyl (C=O) groups is 1.